The average Bonchev–Trinajstić information content (AvgIpc) is 2.86. The van der Waals surface area contributed by atoms with Gasteiger partial charge in [-0.3, -0.25) is 0 Å². The van der Waals surface area contributed by atoms with Crippen molar-refractivity contribution in [2.45, 2.75) is 32.6 Å². The second-order valence-electron chi connectivity index (χ2n) is 4.13. The lowest BCUT2D eigenvalue weighted by Gasteiger charge is -2.05. The molecular formula is C12H15N3S. The highest BCUT2D eigenvalue weighted by atomic mass is 32.1. The molecule has 0 saturated carbocycles. The quantitative estimate of drug-likeness (QED) is 0.866. The Bertz CT molecular complexity index is 545. The Kier molecular flexibility index (Phi) is 2.32. The third-order valence-corrected chi connectivity index (χ3v) is 4.35. The third kappa shape index (κ3) is 1.33. The van der Waals surface area contributed by atoms with Gasteiger partial charge in [-0.25, -0.2) is 9.97 Å². The number of hydrogen-bond acceptors (Lipinski definition) is 4. The lowest BCUT2D eigenvalue weighted by molar-refractivity contribution is 0.915. The van der Waals surface area contributed by atoms with Crippen LogP contribution in [0, 0.1) is 0 Å². The summed E-state index contributed by atoms with van der Waals surface area (Å²) < 4.78 is 0. The zero-order chi connectivity index (χ0) is 11.1. The first kappa shape index (κ1) is 10.0. The molecule has 0 bridgehead atoms. The van der Waals surface area contributed by atoms with Gasteiger partial charge >= 0.3 is 0 Å². The molecule has 1 N–H and O–H groups in total. The standard InChI is InChI=1S/C12H15N3S/c1-3-9-14-11(13-2)10-7-5-4-6-8(7)16-12(10)15-9/h3-6H2,1-2H3,(H,13,14,15). The van der Waals surface area contributed by atoms with E-state index in [1.165, 1.54) is 39.9 Å². The van der Waals surface area contributed by atoms with Crippen LogP contribution in [0.2, 0.25) is 0 Å². The van der Waals surface area contributed by atoms with E-state index in [2.05, 4.69) is 22.2 Å². The van der Waals surface area contributed by atoms with E-state index >= 15 is 0 Å². The molecule has 0 atom stereocenters. The molecule has 2 aromatic rings. The summed E-state index contributed by atoms with van der Waals surface area (Å²) in [6, 6.07) is 0. The van der Waals surface area contributed by atoms with Crippen molar-refractivity contribution >= 4 is 27.4 Å². The van der Waals surface area contributed by atoms with Crippen LogP contribution in [-0.4, -0.2) is 17.0 Å². The predicted octanol–water partition coefficient (Wildman–Crippen LogP) is 2.78. The monoisotopic (exact) mass is 233 g/mol. The molecule has 0 aromatic carbocycles. The Hall–Kier alpha value is -1.16. The number of rotatable bonds is 2. The van der Waals surface area contributed by atoms with Gasteiger partial charge in [0.05, 0.1) is 5.39 Å². The molecule has 0 unspecified atom stereocenters. The summed E-state index contributed by atoms with van der Waals surface area (Å²) in [5.41, 5.74) is 1.49. The average molecular weight is 233 g/mol. The van der Waals surface area contributed by atoms with Crippen LogP contribution in [0.5, 0.6) is 0 Å². The van der Waals surface area contributed by atoms with E-state index in [0.717, 1.165) is 18.1 Å². The fourth-order valence-corrected chi connectivity index (χ4v) is 3.66. The van der Waals surface area contributed by atoms with Gasteiger partial charge in [-0.1, -0.05) is 6.92 Å². The van der Waals surface area contributed by atoms with Crippen LogP contribution in [0.25, 0.3) is 10.2 Å². The van der Waals surface area contributed by atoms with Crippen molar-refractivity contribution in [2.75, 3.05) is 12.4 Å². The Morgan fingerprint density at radius 2 is 2.19 bits per heavy atom. The van der Waals surface area contributed by atoms with Gasteiger partial charge in [-0.2, -0.15) is 0 Å². The smallest absolute Gasteiger partial charge is 0.138 e. The van der Waals surface area contributed by atoms with Gasteiger partial charge in [0.2, 0.25) is 0 Å². The zero-order valence-corrected chi connectivity index (χ0v) is 10.4. The number of aryl methyl sites for hydroxylation is 3. The van der Waals surface area contributed by atoms with Crippen LogP contribution in [0.3, 0.4) is 0 Å². The fourth-order valence-electron chi connectivity index (χ4n) is 2.38. The highest BCUT2D eigenvalue weighted by Gasteiger charge is 2.21. The van der Waals surface area contributed by atoms with Crippen molar-refractivity contribution in [1.29, 1.82) is 0 Å². The molecular weight excluding hydrogens is 218 g/mol. The molecule has 1 aliphatic carbocycles. The molecule has 2 aromatic heterocycles. The maximum Gasteiger partial charge on any atom is 0.138 e. The van der Waals surface area contributed by atoms with Crippen LogP contribution in [0.4, 0.5) is 5.82 Å². The SMILES string of the molecule is CCc1nc(NC)c2c3c(sc2n1)CCC3. The van der Waals surface area contributed by atoms with E-state index in [4.69, 9.17) is 0 Å². The van der Waals surface area contributed by atoms with Gasteiger partial charge in [-0.15, -0.1) is 11.3 Å². The molecule has 0 radical (unpaired) electrons. The maximum absolute atomic E-state index is 4.63. The van der Waals surface area contributed by atoms with E-state index in [1.54, 1.807) is 0 Å². The van der Waals surface area contributed by atoms with Crippen LogP contribution in [-0.2, 0) is 19.3 Å². The van der Waals surface area contributed by atoms with Crippen LogP contribution in [0.1, 0.15) is 29.6 Å². The van der Waals surface area contributed by atoms with Crippen LogP contribution < -0.4 is 5.32 Å². The summed E-state index contributed by atoms with van der Waals surface area (Å²) in [5, 5.41) is 4.49. The minimum absolute atomic E-state index is 0.896. The molecule has 0 amide bonds. The topological polar surface area (TPSA) is 37.8 Å². The van der Waals surface area contributed by atoms with E-state index in [-0.39, 0.29) is 0 Å². The molecule has 16 heavy (non-hydrogen) atoms. The number of nitrogens with zero attached hydrogens (tertiary/aromatic N) is 2. The molecule has 84 valence electrons. The molecule has 0 saturated heterocycles. The zero-order valence-electron chi connectivity index (χ0n) is 9.63. The minimum Gasteiger partial charge on any atom is -0.372 e. The number of aromatic nitrogens is 2. The number of anilines is 1. The van der Waals surface area contributed by atoms with Crippen molar-refractivity contribution in [2.24, 2.45) is 0 Å². The molecule has 3 nitrogen and oxygen atoms in total. The highest BCUT2D eigenvalue weighted by molar-refractivity contribution is 7.19. The summed E-state index contributed by atoms with van der Waals surface area (Å²) in [4.78, 5) is 11.9. The van der Waals surface area contributed by atoms with Gasteiger partial charge in [0.15, 0.2) is 0 Å². The number of nitrogens with one attached hydrogen (secondary N) is 1. The lowest BCUT2D eigenvalue weighted by Crippen LogP contribution is -2.00. The van der Waals surface area contributed by atoms with Crippen LogP contribution >= 0.6 is 11.3 Å². The first-order chi connectivity index (χ1) is 7.83. The normalized spacial score (nSPS) is 14.4. The highest BCUT2D eigenvalue weighted by Crippen LogP contribution is 2.39. The number of fused-ring (bicyclic) bond motifs is 3. The Morgan fingerprint density at radius 3 is 2.94 bits per heavy atom. The van der Waals surface area contributed by atoms with Crippen molar-refractivity contribution in [3.8, 4) is 0 Å². The van der Waals surface area contributed by atoms with Crippen molar-refractivity contribution in [3.63, 3.8) is 0 Å². The van der Waals surface area contributed by atoms with Crippen molar-refractivity contribution in [3.05, 3.63) is 16.3 Å². The summed E-state index contributed by atoms with van der Waals surface area (Å²) in [5.74, 6) is 1.96. The molecule has 3 rings (SSSR count). The van der Waals surface area contributed by atoms with E-state index in [9.17, 15) is 0 Å². The van der Waals surface area contributed by atoms with Gasteiger partial charge in [0.1, 0.15) is 16.5 Å². The van der Waals surface area contributed by atoms with Crippen LogP contribution in [0.15, 0.2) is 0 Å². The summed E-state index contributed by atoms with van der Waals surface area (Å²) >= 11 is 1.85. The Morgan fingerprint density at radius 1 is 1.31 bits per heavy atom. The summed E-state index contributed by atoms with van der Waals surface area (Å²) in [7, 11) is 1.94. The second-order valence-corrected chi connectivity index (χ2v) is 5.21. The molecule has 2 heterocycles. The van der Waals surface area contributed by atoms with Gasteiger partial charge in [0.25, 0.3) is 0 Å². The summed E-state index contributed by atoms with van der Waals surface area (Å²) in [6.45, 7) is 2.10. The molecule has 0 fully saturated rings. The van der Waals surface area contributed by atoms with Gasteiger partial charge < -0.3 is 5.32 Å². The number of thiophene rings is 1. The first-order valence-electron chi connectivity index (χ1n) is 5.82. The molecule has 1 aliphatic rings. The van der Waals surface area contributed by atoms with E-state index in [1.807, 2.05) is 18.4 Å². The number of hydrogen-bond donors (Lipinski definition) is 1. The molecule has 0 spiro atoms. The van der Waals surface area contributed by atoms with Crippen molar-refractivity contribution < 1.29 is 0 Å². The van der Waals surface area contributed by atoms with Gasteiger partial charge in [-0.05, 0) is 24.8 Å². The fraction of sp³-hybridized carbons (Fsp3) is 0.500. The Balaban J connectivity index is 2.32. The Labute approximate surface area is 98.9 Å². The van der Waals surface area contributed by atoms with E-state index in [0.29, 0.717) is 0 Å². The largest absolute Gasteiger partial charge is 0.372 e. The first-order valence-corrected chi connectivity index (χ1v) is 6.64. The second kappa shape index (κ2) is 3.70. The van der Waals surface area contributed by atoms with Crippen molar-refractivity contribution in [1.82, 2.24) is 9.97 Å². The van der Waals surface area contributed by atoms with Gasteiger partial charge in [0, 0.05) is 18.3 Å². The third-order valence-electron chi connectivity index (χ3n) is 3.16. The molecule has 0 aliphatic heterocycles. The predicted molar refractivity (Wildman–Crippen MR) is 68.4 cm³/mol. The minimum atomic E-state index is 0.896. The van der Waals surface area contributed by atoms with E-state index < -0.39 is 0 Å². The molecule has 4 heteroatoms. The maximum atomic E-state index is 4.63. The summed E-state index contributed by atoms with van der Waals surface area (Å²) in [6.07, 6.45) is 4.60. The lowest BCUT2D eigenvalue weighted by atomic mass is 10.2.